The maximum atomic E-state index is 12.1. The summed E-state index contributed by atoms with van der Waals surface area (Å²) in [5.74, 6) is 0.101. The molecule has 1 atom stereocenters. The van der Waals surface area contributed by atoms with E-state index in [2.05, 4.69) is 10.6 Å². The van der Waals surface area contributed by atoms with Gasteiger partial charge < -0.3 is 25.2 Å². The molecule has 2 aromatic rings. The first kappa shape index (κ1) is 18.3. The maximum Gasteiger partial charge on any atom is 0.408 e. The molecule has 0 heterocycles. The number of hydrogen-bond donors (Lipinski definition) is 3. The smallest absolute Gasteiger partial charge is 0.408 e. The Labute approximate surface area is 145 Å². The lowest BCUT2D eigenvalue weighted by Gasteiger charge is -2.16. The molecule has 0 saturated carbocycles. The summed E-state index contributed by atoms with van der Waals surface area (Å²) < 4.78 is 10.1. The van der Waals surface area contributed by atoms with Crippen molar-refractivity contribution in [2.75, 3.05) is 19.0 Å². The van der Waals surface area contributed by atoms with E-state index < -0.39 is 24.6 Å². The molecule has 0 saturated heterocycles. The monoisotopic (exact) mass is 344 g/mol. The standard InChI is InChI=1S/C18H20N2O5/c1-24-15-9-7-14(8-10-15)19-17(22)16(11-21)20-18(23)25-12-13-5-3-2-4-6-13/h2-10,16,21H,11-12H2,1H3,(H,19,22)(H,20,23)/t16-/m0/s1. The fourth-order valence-electron chi connectivity index (χ4n) is 2.00. The van der Waals surface area contributed by atoms with Crippen LogP contribution in [0.1, 0.15) is 5.56 Å². The largest absolute Gasteiger partial charge is 0.497 e. The zero-order valence-corrected chi connectivity index (χ0v) is 13.8. The molecule has 0 aliphatic heterocycles. The lowest BCUT2D eigenvalue weighted by atomic mass is 10.2. The van der Waals surface area contributed by atoms with Gasteiger partial charge in [0.2, 0.25) is 5.91 Å². The molecule has 7 heteroatoms. The van der Waals surface area contributed by atoms with E-state index in [1.807, 2.05) is 30.3 Å². The van der Waals surface area contributed by atoms with Crippen LogP contribution in [0, 0.1) is 0 Å². The molecule has 0 fully saturated rings. The van der Waals surface area contributed by atoms with Crippen LogP contribution >= 0.6 is 0 Å². The molecule has 0 unspecified atom stereocenters. The van der Waals surface area contributed by atoms with Crippen LogP contribution in [0.4, 0.5) is 10.5 Å². The summed E-state index contributed by atoms with van der Waals surface area (Å²) in [7, 11) is 1.54. The van der Waals surface area contributed by atoms with Gasteiger partial charge in [-0.25, -0.2) is 4.79 Å². The predicted molar refractivity (Wildman–Crippen MR) is 92.3 cm³/mol. The topological polar surface area (TPSA) is 96.9 Å². The van der Waals surface area contributed by atoms with Crippen molar-refractivity contribution in [3.63, 3.8) is 0 Å². The average molecular weight is 344 g/mol. The van der Waals surface area contributed by atoms with Crippen LogP contribution in [-0.4, -0.2) is 36.9 Å². The summed E-state index contributed by atoms with van der Waals surface area (Å²) in [5, 5.41) is 14.3. The predicted octanol–water partition coefficient (Wildman–Crippen LogP) is 1.92. The molecule has 2 aromatic carbocycles. The zero-order valence-electron chi connectivity index (χ0n) is 13.8. The third-order valence-electron chi connectivity index (χ3n) is 3.36. The Bertz CT molecular complexity index is 688. The molecule has 0 aromatic heterocycles. The summed E-state index contributed by atoms with van der Waals surface area (Å²) in [4.78, 5) is 23.9. The molecule has 0 aliphatic carbocycles. The number of benzene rings is 2. The quantitative estimate of drug-likeness (QED) is 0.713. The van der Waals surface area contributed by atoms with Crippen LogP contribution in [0.15, 0.2) is 54.6 Å². The van der Waals surface area contributed by atoms with E-state index in [1.54, 1.807) is 31.4 Å². The lowest BCUT2D eigenvalue weighted by molar-refractivity contribution is -0.118. The second-order valence-corrected chi connectivity index (χ2v) is 5.16. The fourth-order valence-corrected chi connectivity index (χ4v) is 2.00. The summed E-state index contributed by atoms with van der Waals surface area (Å²) in [5.41, 5.74) is 1.34. The van der Waals surface area contributed by atoms with Gasteiger partial charge in [-0.05, 0) is 29.8 Å². The van der Waals surface area contributed by atoms with Crippen molar-refractivity contribution in [1.82, 2.24) is 5.32 Å². The Hall–Kier alpha value is -3.06. The number of hydrogen-bond acceptors (Lipinski definition) is 5. The molecular weight excluding hydrogens is 324 g/mol. The first-order valence-electron chi connectivity index (χ1n) is 7.65. The molecule has 3 N–H and O–H groups in total. The van der Waals surface area contributed by atoms with Crippen molar-refractivity contribution in [1.29, 1.82) is 0 Å². The second kappa shape index (κ2) is 9.29. The third-order valence-corrected chi connectivity index (χ3v) is 3.36. The molecule has 2 rings (SSSR count). The van der Waals surface area contributed by atoms with Gasteiger partial charge in [0.15, 0.2) is 0 Å². The summed E-state index contributed by atoms with van der Waals surface area (Å²) in [6.07, 6.45) is -0.784. The number of amides is 2. The van der Waals surface area contributed by atoms with Gasteiger partial charge >= 0.3 is 6.09 Å². The van der Waals surface area contributed by atoms with Crippen LogP contribution in [-0.2, 0) is 16.1 Å². The number of ether oxygens (including phenoxy) is 2. The van der Waals surface area contributed by atoms with E-state index in [-0.39, 0.29) is 6.61 Å². The highest BCUT2D eigenvalue weighted by Crippen LogP contribution is 2.15. The number of carbonyl (C=O) groups is 2. The van der Waals surface area contributed by atoms with Crippen molar-refractivity contribution < 1.29 is 24.2 Å². The Morgan fingerprint density at radius 1 is 1.08 bits per heavy atom. The minimum Gasteiger partial charge on any atom is -0.497 e. The number of rotatable bonds is 7. The van der Waals surface area contributed by atoms with Gasteiger partial charge in [-0.1, -0.05) is 30.3 Å². The first-order valence-corrected chi connectivity index (χ1v) is 7.65. The van der Waals surface area contributed by atoms with Gasteiger partial charge in [0.05, 0.1) is 13.7 Å². The molecule has 25 heavy (non-hydrogen) atoms. The highest BCUT2D eigenvalue weighted by molar-refractivity contribution is 5.96. The number of methoxy groups -OCH3 is 1. The van der Waals surface area contributed by atoms with Crippen molar-refractivity contribution in [3.8, 4) is 5.75 Å². The van der Waals surface area contributed by atoms with E-state index in [9.17, 15) is 14.7 Å². The average Bonchev–Trinajstić information content (AvgIpc) is 2.65. The molecule has 0 radical (unpaired) electrons. The Morgan fingerprint density at radius 2 is 1.76 bits per heavy atom. The van der Waals surface area contributed by atoms with Crippen molar-refractivity contribution >= 4 is 17.7 Å². The van der Waals surface area contributed by atoms with Crippen molar-refractivity contribution in [3.05, 3.63) is 60.2 Å². The number of anilines is 1. The highest BCUT2D eigenvalue weighted by Gasteiger charge is 2.20. The van der Waals surface area contributed by atoms with Crippen LogP contribution in [0.25, 0.3) is 0 Å². The van der Waals surface area contributed by atoms with Crippen molar-refractivity contribution in [2.24, 2.45) is 0 Å². The number of aliphatic hydroxyl groups excluding tert-OH is 1. The Kier molecular flexibility index (Phi) is 6.79. The van der Waals surface area contributed by atoms with Crippen molar-refractivity contribution in [2.45, 2.75) is 12.6 Å². The zero-order chi connectivity index (χ0) is 18.1. The SMILES string of the molecule is COc1ccc(NC(=O)[C@H](CO)NC(=O)OCc2ccccc2)cc1. The highest BCUT2D eigenvalue weighted by atomic mass is 16.5. The number of carbonyl (C=O) groups excluding carboxylic acids is 2. The van der Waals surface area contributed by atoms with Gasteiger partial charge in [-0.2, -0.15) is 0 Å². The Morgan fingerprint density at radius 3 is 2.36 bits per heavy atom. The van der Waals surface area contributed by atoms with Crippen LogP contribution in [0.3, 0.4) is 0 Å². The van der Waals surface area contributed by atoms with E-state index in [1.165, 1.54) is 0 Å². The lowest BCUT2D eigenvalue weighted by Crippen LogP contribution is -2.46. The number of aliphatic hydroxyl groups is 1. The van der Waals surface area contributed by atoms with Gasteiger partial charge in [-0.3, -0.25) is 4.79 Å². The molecular formula is C18H20N2O5. The van der Waals surface area contributed by atoms with Crippen LogP contribution < -0.4 is 15.4 Å². The molecule has 132 valence electrons. The van der Waals surface area contributed by atoms with E-state index >= 15 is 0 Å². The van der Waals surface area contributed by atoms with Gasteiger partial charge in [-0.15, -0.1) is 0 Å². The van der Waals surface area contributed by atoms with E-state index in [0.717, 1.165) is 5.56 Å². The molecule has 2 amide bonds. The molecule has 7 nitrogen and oxygen atoms in total. The number of nitrogens with one attached hydrogen (secondary N) is 2. The summed E-state index contributed by atoms with van der Waals surface area (Å²) in [6.45, 7) is -0.479. The van der Waals surface area contributed by atoms with Crippen LogP contribution in [0.5, 0.6) is 5.75 Å². The fraction of sp³-hybridized carbons (Fsp3) is 0.222. The Balaban J connectivity index is 1.84. The normalized spacial score (nSPS) is 11.3. The summed E-state index contributed by atoms with van der Waals surface area (Å²) >= 11 is 0. The van der Waals surface area contributed by atoms with Crippen LogP contribution in [0.2, 0.25) is 0 Å². The number of alkyl carbamates (subject to hydrolysis) is 1. The second-order valence-electron chi connectivity index (χ2n) is 5.16. The summed E-state index contributed by atoms with van der Waals surface area (Å²) in [6, 6.07) is 14.7. The maximum absolute atomic E-state index is 12.1. The van der Waals surface area contributed by atoms with E-state index in [4.69, 9.17) is 9.47 Å². The van der Waals surface area contributed by atoms with Gasteiger partial charge in [0.1, 0.15) is 18.4 Å². The third kappa shape index (κ3) is 5.82. The molecule has 0 bridgehead atoms. The van der Waals surface area contributed by atoms with E-state index in [0.29, 0.717) is 11.4 Å². The molecule has 0 aliphatic rings. The molecule has 0 spiro atoms. The first-order chi connectivity index (χ1) is 12.1. The van der Waals surface area contributed by atoms with Gasteiger partial charge in [0.25, 0.3) is 0 Å². The minimum absolute atomic E-state index is 0.0743. The minimum atomic E-state index is -1.12. The van der Waals surface area contributed by atoms with Gasteiger partial charge in [0, 0.05) is 5.69 Å².